The molecule has 1 rings (SSSR count). The average molecular weight is 402 g/mol. The third kappa shape index (κ3) is 5.72. The monoisotopic (exact) mass is 401 g/mol. The summed E-state index contributed by atoms with van der Waals surface area (Å²) in [6.45, 7) is 13.0. The van der Waals surface area contributed by atoms with Crippen molar-refractivity contribution < 1.29 is 13.2 Å². The fourth-order valence-corrected chi connectivity index (χ4v) is 4.46. The quantitative estimate of drug-likeness (QED) is 0.611. The predicted molar refractivity (Wildman–Crippen MR) is 107 cm³/mol. The van der Waals surface area contributed by atoms with Gasteiger partial charge >= 0.3 is 0 Å². The fourth-order valence-electron chi connectivity index (χ4n) is 2.51. The molecule has 0 aliphatic rings. The van der Waals surface area contributed by atoms with E-state index in [1.807, 2.05) is 13.8 Å². The first kappa shape index (κ1) is 22.5. The van der Waals surface area contributed by atoms with Gasteiger partial charge in [-0.3, -0.25) is 4.79 Å². The summed E-state index contributed by atoms with van der Waals surface area (Å²) >= 11 is 6.11. The lowest BCUT2D eigenvalue weighted by atomic mass is 10.3. The largest absolute Gasteiger partial charge is 0.376 e. The third-order valence-corrected chi connectivity index (χ3v) is 6.42. The summed E-state index contributed by atoms with van der Waals surface area (Å²) in [7, 11) is -3.68. The number of nitrogens with one attached hydrogen (secondary N) is 1. The first-order valence-corrected chi connectivity index (χ1v) is 10.4. The van der Waals surface area contributed by atoms with Gasteiger partial charge in [0.15, 0.2) is 0 Å². The number of hydrogen-bond donors (Lipinski definition) is 1. The summed E-state index contributed by atoms with van der Waals surface area (Å²) in [5.41, 5.74) is 1.43. The Morgan fingerprint density at radius 1 is 1.19 bits per heavy atom. The second-order valence-electron chi connectivity index (χ2n) is 5.95. The summed E-state index contributed by atoms with van der Waals surface area (Å²) in [4.78, 5) is 14.0. The molecule has 0 spiro atoms. The number of amides is 1. The predicted octanol–water partition coefficient (Wildman–Crippen LogP) is 3.21. The molecule has 26 heavy (non-hydrogen) atoms. The molecule has 0 fully saturated rings. The molecular weight excluding hydrogens is 374 g/mol. The highest BCUT2D eigenvalue weighted by Gasteiger charge is 2.24. The Bertz CT molecular complexity index is 746. The van der Waals surface area contributed by atoms with Crippen LogP contribution >= 0.6 is 11.6 Å². The highest BCUT2D eigenvalue weighted by Crippen LogP contribution is 2.27. The highest BCUT2D eigenvalue weighted by molar-refractivity contribution is 7.89. The van der Waals surface area contributed by atoms with Gasteiger partial charge in [0.2, 0.25) is 15.9 Å². The van der Waals surface area contributed by atoms with Gasteiger partial charge in [-0.25, -0.2) is 8.42 Å². The van der Waals surface area contributed by atoms with E-state index in [0.29, 0.717) is 31.9 Å². The van der Waals surface area contributed by atoms with Crippen molar-refractivity contribution in [1.82, 2.24) is 9.21 Å². The SMILES string of the molecule is C=C(C)CN(CC)C(=O)CNc1ccc(Cl)c(S(=O)(=O)N(CC)CC)c1. The van der Waals surface area contributed by atoms with Crippen LogP contribution in [-0.2, 0) is 14.8 Å². The molecule has 0 unspecified atom stereocenters. The summed E-state index contributed by atoms with van der Waals surface area (Å²) in [5, 5.41) is 3.14. The van der Waals surface area contributed by atoms with Gasteiger partial charge in [0.1, 0.15) is 4.90 Å². The molecular formula is C18H28ClN3O3S. The zero-order valence-electron chi connectivity index (χ0n) is 15.9. The lowest BCUT2D eigenvalue weighted by Gasteiger charge is -2.22. The van der Waals surface area contributed by atoms with Crippen molar-refractivity contribution in [3.05, 3.63) is 35.4 Å². The lowest BCUT2D eigenvalue weighted by molar-refractivity contribution is -0.128. The van der Waals surface area contributed by atoms with Crippen LogP contribution in [0.15, 0.2) is 35.2 Å². The number of sulfonamides is 1. The molecule has 146 valence electrons. The minimum atomic E-state index is -3.68. The molecule has 1 aromatic rings. The Kier molecular flexibility index (Phi) is 8.59. The van der Waals surface area contributed by atoms with Crippen molar-refractivity contribution in [2.45, 2.75) is 32.6 Å². The number of carbonyl (C=O) groups is 1. The van der Waals surface area contributed by atoms with Gasteiger partial charge in [-0.1, -0.05) is 37.6 Å². The molecule has 0 saturated carbocycles. The van der Waals surface area contributed by atoms with Crippen molar-refractivity contribution in [3.63, 3.8) is 0 Å². The van der Waals surface area contributed by atoms with Crippen LogP contribution in [0.1, 0.15) is 27.7 Å². The zero-order chi connectivity index (χ0) is 19.9. The van der Waals surface area contributed by atoms with E-state index in [0.717, 1.165) is 5.57 Å². The Morgan fingerprint density at radius 2 is 1.81 bits per heavy atom. The normalized spacial score (nSPS) is 11.5. The Labute approximate surface area is 161 Å². The van der Waals surface area contributed by atoms with Gasteiger partial charge in [-0.05, 0) is 32.0 Å². The number of benzene rings is 1. The minimum Gasteiger partial charge on any atom is -0.376 e. The van der Waals surface area contributed by atoms with E-state index in [4.69, 9.17) is 11.6 Å². The van der Waals surface area contributed by atoms with Crippen LogP contribution in [-0.4, -0.2) is 56.3 Å². The van der Waals surface area contributed by atoms with Crippen LogP contribution in [0.2, 0.25) is 5.02 Å². The molecule has 0 saturated heterocycles. The Morgan fingerprint density at radius 3 is 2.31 bits per heavy atom. The molecule has 1 amide bonds. The highest BCUT2D eigenvalue weighted by atomic mass is 35.5. The van der Waals surface area contributed by atoms with E-state index in [-0.39, 0.29) is 22.4 Å². The fraction of sp³-hybridized carbons (Fsp3) is 0.500. The summed E-state index contributed by atoms with van der Waals surface area (Å²) < 4.78 is 26.8. The summed E-state index contributed by atoms with van der Waals surface area (Å²) in [6, 6.07) is 4.65. The summed E-state index contributed by atoms with van der Waals surface area (Å²) in [6.07, 6.45) is 0. The van der Waals surface area contributed by atoms with Gasteiger partial charge in [-0.2, -0.15) is 4.31 Å². The van der Waals surface area contributed by atoms with E-state index in [1.54, 1.807) is 24.8 Å². The van der Waals surface area contributed by atoms with Crippen molar-refractivity contribution in [1.29, 1.82) is 0 Å². The Balaban J connectivity index is 2.97. The molecule has 8 heteroatoms. The van der Waals surface area contributed by atoms with E-state index >= 15 is 0 Å². The average Bonchev–Trinajstić information content (AvgIpc) is 2.59. The maximum Gasteiger partial charge on any atom is 0.244 e. The zero-order valence-corrected chi connectivity index (χ0v) is 17.5. The van der Waals surface area contributed by atoms with Crippen LogP contribution in [0.25, 0.3) is 0 Å². The first-order chi connectivity index (χ1) is 12.2. The molecule has 0 heterocycles. The second-order valence-corrected chi connectivity index (χ2v) is 8.27. The number of carbonyl (C=O) groups excluding carboxylic acids is 1. The molecule has 1 N–H and O–H groups in total. The van der Waals surface area contributed by atoms with Gasteiger partial charge in [0.05, 0.1) is 11.6 Å². The molecule has 0 aliphatic carbocycles. The van der Waals surface area contributed by atoms with Crippen LogP contribution in [0.5, 0.6) is 0 Å². The maximum absolute atomic E-state index is 12.7. The molecule has 0 aromatic heterocycles. The maximum atomic E-state index is 12.7. The number of anilines is 1. The van der Waals surface area contributed by atoms with E-state index < -0.39 is 10.0 Å². The molecule has 0 radical (unpaired) electrons. The topological polar surface area (TPSA) is 69.7 Å². The number of likely N-dealkylation sites (N-methyl/N-ethyl adjacent to an activating group) is 1. The van der Waals surface area contributed by atoms with Crippen molar-refractivity contribution in [3.8, 4) is 0 Å². The van der Waals surface area contributed by atoms with Crippen molar-refractivity contribution >= 4 is 33.2 Å². The smallest absolute Gasteiger partial charge is 0.244 e. The lowest BCUT2D eigenvalue weighted by Crippen LogP contribution is -2.36. The van der Waals surface area contributed by atoms with Gasteiger partial charge in [0.25, 0.3) is 0 Å². The van der Waals surface area contributed by atoms with Crippen LogP contribution in [0.3, 0.4) is 0 Å². The van der Waals surface area contributed by atoms with Crippen LogP contribution in [0.4, 0.5) is 5.69 Å². The minimum absolute atomic E-state index is 0.0367. The molecule has 0 atom stereocenters. The van der Waals surface area contributed by atoms with Crippen molar-refractivity contribution in [2.24, 2.45) is 0 Å². The molecule has 0 bridgehead atoms. The van der Waals surface area contributed by atoms with E-state index in [2.05, 4.69) is 11.9 Å². The van der Waals surface area contributed by atoms with E-state index in [1.165, 1.54) is 16.4 Å². The standard InChI is InChI=1S/C18H28ClN3O3S/c1-6-21(13-14(4)5)18(23)12-20-15-9-10-16(19)17(11-15)26(24,25)22(7-2)8-3/h9-11,20H,4,6-8,12-13H2,1-3,5H3. The van der Waals surface area contributed by atoms with Gasteiger partial charge < -0.3 is 10.2 Å². The second kappa shape index (κ2) is 9.94. The number of rotatable bonds is 10. The van der Waals surface area contributed by atoms with Gasteiger partial charge in [-0.15, -0.1) is 0 Å². The van der Waals surface area contributed by atoms with E-state index in [9.17, 15) is 13.2 Å². The third-order valence-electron chi connectivity index (χ3n) is 3.89. The Hall–Kier alpha value is -1.57. The number of halogens is 1. The van der Waals surface area contributed by atoms with Crippen molar-refractivity contribution in [2.75, 3.05) is 38.0 Å². The van der Waals surface area contributed by atoms with Gasteiger partial charge in [0, 0.05) is 31.9 Å². The molecule has 0 aliphatic heterocycles. The first-order valence-electron chi connectivity index (χ1n) is 8.63. The number of hydrogen-bond acceptors (Lipinski definition) is 4. The summed E-state index contributed by atoms with van der Waals surface area (Å²) in [5.74, 6) is -0.0846. The van der Waals surface area contributed by atoms with Crippen LogP contribution < -0.4 is 5.32 Å². The molecule has 1 aromatic carbocycles. The van der Waals surface area contributed by atoms with Crippen LogP contribution in [0, 0.1) is 0 Å². The number of nitrogens with zero attached hydrogens (tertiary/aromatic N) is 2. The molecule has 6 nitrogen and oxygen atoms in total.